The van der Waals surface area contributed by atoms with E-state index in [4.69, 9.17) is 9.47 Å². The molecule has 134 valence electrons. The molecule has 2 rings (SSSR count). The fourth-order valence-corrected chi connectivity index (χ4v) is 2.50. The number of allylic oxidation sites excluding steroid dienone is 1. The summed E-state index contributed by atoms with van der Waals surface area (Å²) in [6.07, 6.45) is 2.48. The van der Waals surface area contributed by atoms with Gasteiger partial charge < -0.3 is 9.47 Å². The normalized spacial score (nSPS) is 10.9. The first kappa shape index (κ1) is 19.3. The maximum Gasteiger partial charge on any atom is 0.203 e. The number of carbonyl (C=O) groups is 1. The van der Waals surface area contributed by atoms with Crippen molar-refractivity contribution in [2.24, 2.45) is 0 Å². The van der Waals surface area contributed by atoms with Crippen LogP contribution in [0.15, 0.2) is 48.0 Å². The van der Waals surface area contributed by atoms with Crippen LogP contribution in [-0.2, 0) is 0 Å². The molecule has 0 aromatic heterocycles. The second-order valence-electron chi connectivity index (χ2n) is 5.80. The van der Waals surface area contributed by atoms with Gasteiger partial charge in [0, 0.05) is 5.56 Å². The number of nitrogens with zero attached hydrogens (tertiary/aromatic N) is 1. The van der Waals surface area contributed by atoms with Gasteiger partial charge in [0.2, 0.25) is 5.78 Å². The molecule has 0 fully saturated rings. The lowest BCUT2D eigenvalue weighted by Crippen LogP contribution is -2.04. The van der Waals surface area contributed by atoms with E-state index in [2.05, 4.69) is 0 Å². The predicted octanol–water partition coefficient (Wildman–Crippen LogP) is 4.97. The highest BCUT2D eigenvalue weighted by atomic mass is 16.5. The van der Waals surface area contributed by atoms with E-state index >= 15 is 0 Å². The van der Waals surface area contributed by atoms with Gasteiger partial charge in [-0.2, -0.15) is 5.26 Å². The van der Waals surface area contributed by atoms with E-state index in [1.165, 1.54) is 0 Å². The summed E-state index contributed by atoms with van der Waals surface area (Å²) in [5, 5.41) is 9.46. The quantitative estimate of drug-likeness (QED) is 0.383. The maximum atomic E-state index is 12.7. The molecule has 2 aromatic carbocycles. The molecule has 4 heteroatoms. The average molecular weight is 349 g/mol. The molecule has 0 amide bonds. The Labute approximate surface area is 154 Å². The van der Waals surface area contributed by atoms with E-state index in [-0.39, 0.29) is 11.4 Å². The number of nitriles is 1. The van der Waals surface area contributed by atoms with E-state index in [0.717, 1.165) is 17.5 Å². The van der Waals surface area contributed by atoms with E-state index in [1.54, 1.807) is 30.3 Å². The summed E-state index contributed by atoms with van der Waals surface area (Å²) >= 11 is 0. The fourth-order valence-electron chi connectivity index (χ4n) is 2.50. The van der Waals surface area contributed by atoms with Crippen LogP contribution in [0.1, 0.15) is 41.8 Å². The molecule has 0 N–H and O–H groups in total. The van der Waals surface area contributed by atoms with Crippen LogP contribution in [0.2, 0.25) is 0 Å². The summed E-state index contributed by atoms with van der Waals surface area (Å²) in [4.78, 5) is 12.7. The summed E-state index contributed by atoms with van der Waals surface area (Å²) in [7, 11) is 0. The zero-order valence-corrected chi connectivity index (χ0v) is 15.4. The third kappa shape index (κ3) is 4.73. The predicted molar refractivity (Wildman–Crippen MR) is 102 cm³/mol. The molecule has 0 heterocycles. The van der Waals surface area contributed by atoms with Gasteiger partial charge in [-0.1, -0.05) is 37.3 Å². The largest absolute Gasteiger partial charge is 0.490 e. The Hall–Kier alpha value is -3.06. The number of benzene rings is 2. The first-order chi connectivity index (χ1) is 12.6. The van der Waals surface area contributed by atoms with Crippen molar-refractivity contribution in [3.05, 3.63) is 64.7 Å². The number of hydrogen-bond acceptors (Lipinski definition) is 4. The molecule has 26 heavy (non-hydrogen) atoms. The van der Waals surface area contributed by atoms with Gasteiger partial charge in [-0.15, -0.1) is 0 Å². The minimum Gasteiger partial charge on any atom is -0.490 e. The monoisotopic (exact) mass is 349 g/mol. The zero-order valence-electron chi connectivity index (χ0n) is 15.4. The van der Waals surface area contributed by atoms with Gasteiger partial charge in [-0.05, 0) is 49.6 Å². The zero-order chi connectivity index (χ0) is 18.9. The molecular formula is C22H23NO3. The van der Waals surface area contributed by atoms with Crippen molar-refractivity contribution in [3.63, 3.8) is 0 Å². The Morgan fingerprint density at radius 3 is 2.54 bits per heavy atom. The third-order valence-electron chi connectivity index (χ3n) is 3.80. The number of hydrogen-bond donors (Lipinski definition) is 0. The lowest BCUT2D eigenvalue weighted by atomic mass is 9.98. The minimum atomic E-state index is -0.283. The van der Waals surface area contributed by atoms with Crippen molar-refractivity contribution < 1.29 is 14.3 Å². The van der Waals surface area contributed by atoms with Crippen molar-refractivity contribution in [2.45, 2.75) is 27.2 Å². The lowest BCUT2D eigenvalue weighted by molar-refractivity contribution is 0.103. The van der Waals surface area contributed by atoms with Crippen LogP contribution in [0.3, 0.4) is 0 Å². The molecule has 0 unspecified atom stereocenters. The summed E-state index contributed by atoms with van der Waals surface area (Å²) in [6, 6.07) is 14.7. The Morgan fingerprint density at radius 2 is 1.88 bits per heavy atom. The highest BCUT2D eigenvalue weighted by Gasteiger charge is 2.14. The van der Waals surface area contributed by atoms with Crippen LogP contribution in [0.4, 0.5) is 0 Å². The smallest absolute Gasteiger partial charge is 0.203 e. The molecule has 0 saturated heterocycles. The molecule has 0 atom stereocenters. The van der Waals surface area contributed by atoms with E-state index in [0.29, 0.717) is 30.3 Å². The molecule has 0 spiro atoms. The number of ether oxygens (including phenoxy) is 2. The van der Waals surface area contributed by atoms with Gasteiger partial charge in [0.05, 0.1) is 13.2 Å². The standard InChI is InChI=1S/C22H23NO3/c1-4-12-26-20-11-10-17(14-21(20)25-5-2)13-18(15-23)22(24)19-9-7-6-8-16(19)3/h6-11,13-14H,4-5,12H2,1-3H3/b18-13+. The van der Waals surface area contributed by atoms with Crippen molar-refractivity contribution in [1.82, 2.24) is 0 Å². The van der Waals surface area contributed by atoms with Crippen molar-refractivity contribution >= 4 is 11.9 Å². The molecular weight excluding hydrogens is 326 g/mol. The molecule has 0 saturated carbocycles. The molecule has 0 aliphatic carbocycles. The molecule has 0 radical (unpaired) electrons. The highest BCUT2D eigenvalue weighted by Crippen LogP contribution is 2.30. The first-order valence-electron chi connectivity index (χ1n) is 8.72. The third-order valence-corrected chi connectivity index (χ3v) is 3.80. The second-order valence-corrected chi connectivity index (χ2v) is 5.80. The summed E-state index contributed by atoms with van der Waals surface area (Å²) < 4.78 is 11.3. The van der Waals surface area contributed by atoms with E-state index in [9.17, 15) is 10.1 Å². The second kappa shape index (κ2) is 9.43. The SMILES string of the molecule is CCCOc1ccc(/C=C(\C#N)C(=O)c2ccccc2C)cc1OCC. The average Bonchev–Trinajstić information content (AvgIpc) is 2.65. The van der Waals surface area contributed by atoms with Crippen LogP contribution in [0.5, 0.6) is 11.5 Å². The van der Waals surface area contributed by atoms with Gasteiger partial charge in [-0.25, -0.2) is 0 Å². The van der Waals surface area contributed by atoms with E-state index < -0.39 is 0 Å². The van der Waals surface area contributed by atoms with Crippen LogP contribution >= 0.6 is 0 Å². The van der Waals surface area contributed by atoms with Crippen LogP contribution in [0.25, 0.3) is 6.08 Å². The van der Waals surface area contributed by atoms with Gasteiger partial charge in [-0.3, -0.25) is 4.79 Å². The number of carbonyl (C=O) groups excluding carboxylic acids is 1. The highest BCUT2D eigenvalue weighted by molar-refractivity contribution is 6.14. The fraction of sp³-hybridized carbons (Fsp3) is 0.273. The Bertz CT molecular complexity index is 847. The number of aryl methyl sites for hydroxylation is 1. The Kier molecular flexibility index (Phi) is 6.99. The van der Waals surface area contributed by atoms with Crippen molar-refractivity contribution in [1.29, 1.82) is 5.26 Å². The maximum absolute atomic E-state index is 12.7. The first-order valence-corrected chi connectivity index (χ1v) is 8.72. The number of ketones is 1. The summed E-state index contributed by atoms with van der Waals surface area (Å²) in [6.45, 7) is 6.89. The van der Waals surface area contributed by atoms with Gasteiger partial charge in [0.1, 0.15) is 11.6 Å². The summed E-state index contributed by atoms with van der Waals surface area (Å²) in [5.41, 5.74) is 2.19. The van der Waals surface area contributed by atoms with Crippen LogP contribution < -0.4 is 9.47 Å². The topological polar surface area (TPSA) is 59.3 Å². The minimum absolute atomic E-state index is 0.0870. The molecule has 2 aromatic rings. The van der Waals surface area contributed by atoms with E-state index in [1.807, 2.05) is 45.0 Å². The van der Waals surface area contributed by atoms with Crippen molar-refractivity contribution in [2.75, 3.05) is 13.2 Å². The van der Waals surface area contributed by atoms with Crippen molar-refractivity contribution in [3.8, 4) is 17.6 Å². The number of Topliss-reactive ketones (excluding diaryl/α,β-unsaturated/α-hetero) is 1. The van der Waals surface area contributed by atoms with Gasteiger partial charge in [0.15, 0.2) is 11.5 Å². The van der Waals surface area contributed by atoms with Crippen LogP contribution in [0, 0.1) is 18.3 Å². The molecule has 0 bridgehead atoms. The lowest BCUT2D eigenvalue weighted by Gasteiger charge is -2.12. The Balaban J connectivity index is 2.36. The Morgan fingerprint density at radius 1 is 1.12 bits per heavy atom. The van der Waals surface area contributed by atoms with Gasteiger partial charge in [0.25, 0.3) is 0 Å². The number of rotatable bonds is 8. The summed E-state index contributed by atoms with van der Waals surface area (Å²) in [5.74, 6) is 0.986. The molecule has 0 aliphatic rings. The molecule has 4 nitrogen and oxygen atoms in total. The van der Waals surface area contributed by atoms with Crippen LogP contribution in [-0.4, -0.2) is 19.0 Å². The molecule has 0 aliphatic heterocycles. The van der Waals surface area contributed by atoms with Gasteiger partial charge >= 0.3 is 0 Å².